The molecule has 1 N–H and O–H groups in total. The molecule has 0 aliphatic carbocycles. The molecular weight excluding hydrogens is 537 g/mol. The van der Waals surface area contributed by atoms with E-state index < -0.39 is 0 Å². The van der Waals surface area contributed by atoms with Gasteiger partial charge in [0.25, 0.3) is 5.91 Å². The molecule has 192 valence electrons. The molecule has 0 atom stereocenters. The summed E-state index contributed by atoms with van der Waals surface area (Å²) in [7, 11) is 0. The van der Waals surface area contributed by atoms with Crippen LogP contribution in [0, 0.1) is 20.8 Å². The van der Waals surface area contributed by atoms with Crippen LogP contribution in [0.1, 0.15) is 28.1 Å². The maximum Gasteiger partial charge on any atom is 0.264 e. The van der Waals surface area contributed by atoms with Crippen LogP contribution in [0.5, 0.6) is 5.75 Å². The lowest BCUT2D eigenvalue weighted by molar-refractivity contribution is -0.115. The van der Waals surface area contributed by atoms with Crippen LogP contribution < -0.4 is 10.1 Å². The molecule has 1 fully saturated rings. The lowest BCUT2D eigenvalue weighted by Gasteiger charge is -2.11. The molecule has 0 bridgehead atoms. The quantitative estimate of drug-likeness (QED) is 0.241. The molecule has 38 heavy (non-hydrogen) atoms. The van der Waals surface area contributed by atoms with Crippen LogP contribution in [0.15, 0.2) is 82.7 Å². The Labute approximate surface area is 236 Å². The summed E-state index contributed by atoms with van der Waals surface area (Å²) in [6.07, 6.45) is 1.91. The van der Waals surface area contributed by atoms with Crippen LogP contribution in [-0.4, -0.2) is 15.6 Å². The molecule has 5 rings (SSSR count). The third kappa shape index (κ3) is 5.68. The molecule has 1 amide bonds. The highest BCUT2D eigenvalue weighted by atomic mass is 35.5. The number of carbonyl (C=O) groups is 1. The van der Waals surface area contributed by atoms with Crippen molar-refractivity contribution in [3.05, 3.63) is 116 Å². The Kier molecular flexibility index (Phi) is 7.65. The molecule has 0 spiro atoms. The highest BCUT2D eigenvalue weighted by Crippen LogP contribution is 2.32. The normalized spacial score (nSPS) is 15.3. The second-order valence-electron chi connectivity index (χ2n) is 8.94. The molecule has 1 aromatic heterocycles. The van der Waals surface area contributed by atoms with Crippen LogP contribution >= 0.6 is 35.0 Å². The number of nitrogens with one attached hydrogen (secondary N) is 1. The number of amidine groups is 1. The minimum absolute atomic E-state index is 0.166. The van der Waals surface area contributed by atoms with Gasteiger partial charge in [-0.1, -0.05) is 41.4 Å². The third-order valence-electron chi connectivity index (χ3n) is 6.28. The Morgan fingerprint density at radius 2 is 1.74 bits per heavy atom. The van der Waals surface area contributed by atoms with Crippen LogP contribution in [0.2, 0.25) is 10.0 Å². The van der Waals surface area contributed by atoms with Gasteiger partial charge in [-0.2, -0.15) is 0 Å². The Bertz CT molecular complexity index is 1570. The van der Waals surface area contributed by atoms with Gasteiger partial charge in [0.05, 0.1) is 10.6 Å². The summed E-state index contributed by atoms with van der Waals surface area (Å²) in [6, 6.07) is 23.2. The first-order valence-corrected chi connectivity index (χ1v) is 13.6. The first kappa shape index (κ1) is 26.2. The van der Waals surface area contributed by atoms with Crippen LogP contribution in [0.25, 0.3) is 11.8 Å². The fourth-order valence-corrected chi connectivity index (χ4v) is 5.34. The zero-order valence-corrected chi connectivity index (χ0v) is 23.4. The zero-order chi connectivity index (χ0) is 26.8. The van der Waals surface area contributed by atoms with Crippen molar-refractivity contribution >= 4 is 57.8 Å². The number of halogens is 2. The van der Waals surface area contributed by atoms with Gasteiger partial charge in [0.2, 0.25) is 0 Å². The molecule has 1 aliphatic rings. The number of aliphatic imine (C=N–C) groups is 1. The van der Waals surface area contributed by atoms with E-state index in [9.17, 15) is 4.79 Å². The number of hydrogen-bond donors (Lipinski definition) is 1. The highest BCUT2D eigenvalue weighted by Gasteiger charge is 2.25. The van der Waals surface area contributed by atoms with Crippen molar-refractivity contribution in [2.24, 2.45) is 4.99 Å². The number of amides is 1. The summed E-state index contributed by atoms with van der Waals surface area (Å²) in [5.74, 6) is 0.620. The minimum Gasteiger partial charge on any atom is -0.489 e. The first-order valence-electron chi connectivity index (χ1n) is 12.0. The van der Waals surface area contributed by atoms with Gasteiger partial charge >= 0.3 is 0 Å². The fraction of sp³-hybridized carbons (Fsp3) is 0.133. The maximum absolute atomic E-state index is 12.7. The largest absolute Gasteiger partial charge is 0.489 e. The van der Waals surface area contributed by atoms with E-state index in [0.717, 1.165) is 45.2 Å². The molecule has 0 saturated carbocycles. The lowest BCUT2D eigenvalue weighted by atomic mass is 10.2. The standard InChI is InChI=1S/C30H25Cl2N3O2S/c1-18-15-22(16-28-29(36)34-30(38-28)33-27-6-4-5-26(32)19(27)2)20(3)35(18)24-11-13-25(14-12-24)37-17-21-7-9-23(31)10-8-21/h4-16H,17H2,1-3H3,(H,33,34,36)/b28-16+. The summed E-state index contributed by atoms with van der Waals surface area (Å²) in [5.41, 5.74) is 6.76. The summed E-state index contributed by atoms with van der Waals surface area (Å²) in [6.45, 7) is 6.48. The van der Waals surface area contributed by atoms with Gasteiger partial charge in [-0.05, 0) is 110 Å². The van der Waals surface area contributed by atoms with E-state index in [1.807, 2.05) is 86.7 Å². The molecule has 0 unspecified atom stereocenters. The van der Waals surface area contributed by atoms with Crippen LogP contribution in [-0.2, 0) is 11.4 Å². The van der Waals surface area contributed by atoms with E-state index in [1.54, 1.807) is 0 Å². The molecule has 1 aliphatic heterocycles. The van der Waals surface area contributed by atoms with Gasteiger partial charge in [0, 0.05) is 27.1 Å². The van der Waals surface area contributed by atoms with Crippen LogP contribution in [0.4, 0.5) is 5.69 Å². The van der Waals surface area contributed by atoms with Crippen molar-refractivity contribution in [2.45, 2.75) is 27.4 Å². The summed E-state index contributed by atoms with van der Waals surface area (Å²) in [5, 5.41) is 4.75. The van der Waals surface area contributed by atoms with Crippen molar-refractivity contribution in [3.8, 4) is 11.4 Å². The van der Waals surface area contributed by atoms with Crippen molar-refractivity contribution in [2.75, 3.05) is 0 Å². The maximum atomic E-state index is 12.7. The van der Waals surface area contributed by atoms with Crippen molar-refractivity contribution in [1.82, 2.24) is 9.88 Å². The SMILES string of the molecule is Cc1c(Cl)cccc1N=C1NC(=O)/C(=C\c2cc(C)n(-c3ccc(OCc4ccc(Cl)cc4)cc3)c2C)S1. The number of aromatic nitrogens is 1. The van der Waals surface area contributed by atoms with Gasteiger partial charge in [-0.15, -0.1) is 0 Å². The van der Waals surface area contributed by atoms with E-state index in [1.165, 1.54) is 11.8 Å². The van der Waals surface area contributed by atoms with E-state index >= 15 is 0 Å². The van der Waals surface area contributed by atoms with Gasteiger partial charge in [0.1, 0.15) is 12.4 Å². The molecule has 0 radical (unpaired) electrons. The monoisotopic (exact) mass is 561 g/mol. The van der Waals surface area contributed by atoms with E-state index in [2.05, 4.69) is 27.9 Å². The van der Waals surface area contributed by atoms with E-state index in [0.29, 0.717) is 26.7 Å². The Morgan fingerprint density at radius 1 is 1.00 bits per heavy atom. The van der Waals surface area contributed by atoms with E-state index in [4.69, 9.17) is 27.9 Å². The molecule has 2 heterocycles. The zero-order valence-electron chi connectivity index (χ0n) is 21.1. The number of nitrogens with zero attached hydrogens (tertiary/aromatic N) is 2. The average Bonchev–Trinajstić information content (AvgIpc) is 3.39. The topological polar surface area (TPSA) is 55.6 Å². The predicted molar refractivity (Wildman–Crippen MR) is 158 cm³/mol. The van der Waals surface area contributed by atoms with Gasteiger partial charge in [0.15, 0.2) is 5.17 Å². The predicted octanol–water partition coefficient (Wildman–Crippen LogP) is 8.18. The molecule has 5 nitrogen and oxygen atoms in total. The van der Waals surface area contributed by atoms with Gasteiger partial charge in [-0.25, -0.2) is 4.99 Å². The minimum atomic E-state index is -0.166. The van der Waals surface area contributed by atoms with Crippen molar-refractivity contribution < 1.29 is 9.53 Å². The highest BCUT2D eigenvalue weighted by molar-refractivity contribution is 8.18. The molecule has 3 aromatic carbocycles. The number of benzene rings is 3. The second kappa shape index (κ2) is 11.1. The fourth-order valence-electron chi connectivity index (χ4n) is 4.22. The second-order valence-corrected chi connectivity index (χ2v) is 10.8. The molecule has 4 aromatic rings. The Balaban J connectivity index is 1.33. The number of ether oxygens (including phenoxy) is 1. The van der Waals surface area contributed by atoms with Gasteiger partial charge < -0.3 is 14.6 Å². The molecular formula is C30H25Cl2N3O2S. The Morgan fingerprint density at radius 3 is 2.47 bits per heavy atom. The summed E-state index contributed by atoms with van der Waals surface area (Å²) >= 11 is 13.5. The summed E-state index contributed by atoms with van der Waals surface area (Å²) < 4.78 is 8.09. The van der Waals surface area contributed by atoms with E-state index in [-0.39, 0.29) is 5.91 Å². The van der Waals surface area contributed by atoms with Crippen molar-refractivity contribution in [3.63, 3.8) is 0 Å². The van der Waals surface area contributed by atoms with Gasteiger partial charge in [-0.3, -0.25) is 4.79 Å². The van der Waals surface area contributed by atoms with Crippen molar-refractivity contribution in [1.29, 1.82) is 0 Å². The number of aryl methyl sites for hydroxylation is 1. The van der Waals surface area contributed by atoms with Crippen LogP contribution in [0.3, 0.4) is 0 Å². The number of hydrogen-bond acceptors (Lipinski definition) is 4. The number of rotatable bonds is 6. The molecule has 1 saturated heterocycles. The lowest BCUT2D eigenvalue weighted by Crippen LogP contribution is -2.19. The first-order chi connectivity index (χ1) is 18.3. The Hall–Kier alpha value is -3.45. The number of thioether (sulfide) groups is 1. The number of carbonyl (C=O) groups excluding carboxylic acids is 1. The molecule has 8 heteroatoms. The third-order valence-corrected chi connectivity index (χ3v) is 7.85. The summed E-state index contributed by atoms with van der Waals surface area (Å²) in [4.78, 5) is 17.9. The average molecular weight is 563 g/mol. The smallest absolute Gasteiger partial charge is 0.264 e.